The molecule has 1 heterocycles. The van der Waals surface area contributed by atoms with E-state index in [-0.39, 0.29) is 29.8 Å². The van der Waals surface area contributed by atoms with Crippen LogP contribution in [0.3, 0.4) is 0 Å². The molecule has 0 bridgehead atoms. The lowest BCUT2D eigenvalue weighted by molar-refractivity contribution is -0.137. The Balaban J connectivity index is 1.39. The van der Waals surface area contributed by atoms with Crippen LogP contribution in [-0.4, -0.2) is 31.7 Å². The highest BCUT2D eigenvalue weighted by molar-refractivity contribution is 7.89. The lowest BCUT2D eigenvalue weighted by Gasteiger charge is -2.30. The maximum atomic E-state index is 12.9. The highest BCUT2D eigenvalue weighted by Crippen LogP contribution is 2.32. The molecule has 9 heteroatoms. The van der Waals surface area contributed by atoms with E-state index in [2.05, 4.69) is 5.32 Å². The third-order valence-electron chi connectivity index (χ3n) is 5.99. The molecule has 2 aromatic carbocycles. The van der Waals surface area contributed by atoms with Crippen LogP contribution in [0.2, 0.25) is 0 Å². The molecule has 0 atom stereocenters. The van der Waals surface area contributed by atoms with Gasteiger partial charge in [-0.25, -0.2) is 8.42 Å². The largest absolute Gasteiger partial charge is 0.416 e. The average Bonchev–Trinajstić information content (AvgIpc) is 3.21. The van der Waals surface area contributed by atoms with Crippen molar-refractivity contribution in [3.8, 4) is 0 Å². The van der Waals surface area contributed by atoms with E-state index in [1.165, 1.54) is 11.1 Å². The van der Waals surface area contributed by atoms with E-state index in [0.29, 0.717) is 18.9 Å². The van der Waals surface area contributed by atoms with E-state index in [1.54, 1.807) is 0 Å². The number of nitrogens with zero attached hydrogens (tertiary/aromatic N) is 1. The number of alkyl halides is 3. The van der Waals surface area contributed by atoms with Crippen LogP contribution >= 0.6 is 0 Å². The molecule has 2 aliphatic rings. The van der Waals surface area contributed by atoms with Gasteiger partial charge in [-0.05, 0) is 73.6 Å². The molecule has 1 aliphatic carbocycles. The third kappa shape index (κ3) is 4.62. The van der Waals surface area contributed by atoms with Crippen LogP contribution in [-0.2, 0) is 33.8 Å². The Labute approximate surface area is 179 Å². The summed E-state index contributed by atoms with van der Waals surface area (Å²) in [6, 6.07) is 9.66. The van der Waals surface area contributed by atoms with E-state index in [4.69, 9.17) is 0 Å². The minimum atomic E-state index is -4.62. The van der Waals surface area contributed by atoms with Crippen molar-refractivity contribution in [2.45, 2.75) is 43.2 Å². The molecule has 166 valence electrons. The molecular formula is C22H23F3N2O3S. The van der Waals surface area contributed by atoms with Gasteiger partial charge in [-0.3, -0.25) is 4.79 Å². The van der Waals surface area contributed by atoms with Gasteiger partial charge >= 0.3 is 6.18 Å². The van der Waals surface area contributed by atoms with E-state index in [9.17, 15) is 26.4 Å². The predicted octanol–water partition coefficient (Wildman–Crippen LogP) is 4.23. The molecule has 1 fully saturated rings. The Morgan fingerprint density at radius 1 is 1.00 bits per heavy atom. The summed E-state index contributed by atoms with van der Waals surface area (Å²) in [6.45, 7) is 0.168. The Kier molecular flexibility index (Phi) is 5.83. The first-order valence-electron chi connectivity index (χ1n) is 10.2. The number of fused-ring (bicyclic) bond motifs is 1. The fourth-order valence-corrected chi connectivity index (χ4v) is 5.75. The van der Waals surface area contributed by atoms with Crippen LogP contribution < -0.4 is 5.32 Å². The van der Waals surface area contributed by atoms with Crippen molar-refractivity contribution in [1.82, 2.24) is 4.31 Å². The van der Waals surface area contributed by atoms with Crippen molar-refractivity contribution < 1.29 is 26.4 Å². The molecule has 1 N–H and O–H groups in total. The Hall–Kier alpha value is -2.39. The van der Waals surface area contributed by atoms with Gasteiger partial charge in [0.15, 0.2) is 0 Å². The number of aryl methyl sites for hydroxylation is 2. The van der Waals surface area contributed by atoms with Gasteiger partial charge in [0.2, 0.25) is 15.9 Å². The van der Waals surface area contributed by atoms with E-state index in [0.717, 1.165) is 47.5 Å². The molecular weight excluding hydrogens is 429 g/mol. The molecule has 1 aliphatic heterocycles. The zero-order chi connectivity index (χ0) is 22.2. The average molecular weight is 452 g/mol. The number of benzene rings is 2. The SMILES string of the molecule is O=C(Nc1ccc2c(c1)CCC2)C1CCN(S(=O)(=O)c2cccc(C(F)(F)F)c2)CC1. The summed E-state index contributed by atoms with van der Waals surface area (Å²) < 4.78 is 65.6. The first-order valence-corrected chi connectivity index (χ1v) is 11.7. The van der Waals surface area contributed by atoms with Gasteiger partial charge in [0.1, 0.15) is 0 Å². The highest BCUT2D eigenvalue weighted by atomic mass is 32.2. The van der Waals surface area contributed by atoms with E-state index in [1.807, 2.05) is 18.2 Å². The van der Waals surface area contributed by atoms with Crippen LogP contribution in [0.25, 0.3) is 0 Å². The van der Waals surface area contributed by atoms with Crippen LogP contribution in [0, 0.1) is 5.92 Å². The lowest BCUT2D eigenvalue weighted by Crippen LogP contribution is -2.41. The zero-order valence-corrected chi connectivity index (χ0v) is 17.6. The maximum Gasteiger partial charge on any atom is 0.416 e. The monoisotopic (exact) mass is 452 g/mol. The van der Waals surface area contributed by atoms with Gasteiger partial charge in [0.05, 0.1) is 10.5 Å². The number of anilines is 1. The molecule has 31 heavy (non-hydrogen) atoms. The number of rotatable bonds is 4. The summed E-state index contributed by atoms with van der Waals surface area (Å²) >= 11 is 0. The number of amides is 1. The normalized spacial score (nSPS) is 18.0. The molecule has 0 aromatic heterocycles. The number of nitrogens with one attached hydrogen (secondary N) is 1. The molecule has 4 rings (SSSR count). The van der Waals surface area contributed by atoms with Gasteiger partial charge in [0.25, 0.3) is 0 Å². The Bertz CT molecular complexity index is 1090. The van der Waals surface area contributed by atoms with Gasteiger partial charge in [-0.15, -0.1) is 0 Å². The molecule has 0 saturated carbocycles. The molecule has 2 aromatic rings. The Morgan fingerprint density at radius 2 is 1.71 bits per heavy atom. The summed E-state index contributed by atoms with van der Waals surface area (Å²) in [5.74, 6) is -0.504. The number of halogens is 3. The number of hydrogen-bond acceptors (Lipinski definition) is 3. The van der Waals surface area contributed by atoms with E-state index < -0.39 is 21.8 Å². The van der Waals surface area contributed by atoms with Crippen LogP contribution in [0.15, 0.2) is 47.4 Å². The first-order chi connectivity index (χ1) is 14.6. The number of sulfonamides is 1. The highest BCUT2D eigenvalue weighted by Gasteiger charge is 2.35. The first kappa shape index (κ1) is 21.8. The van der Waals surface area contributed by atoms with Crippen molar-refractivity contribution >= 4 is 21.6 Å². The quantitative estimate of drug-likeness (QED) is 0.755. The smallest absolute Gasteiger partial charge is 0.326 e. The van der Waals surface area contributed by atoms with Gasteiger partial charge < -0.3 is 5.32 Å². The second-order valence-corrected chi connectivity index (χ2v) is 9.97. The molecule has 0 unspecified atom stereocenters. The van der Waals surface area contributed by atoms with Crippen LogP contribution in [0.1, 0.15) is 36.0 Å². The van der Waals surface area contributed by atoms with Crippen molar-refractivity contribution in [2.75, 3.05) is 18.4 Å². The molecule has 0 spiro atoms. The van der Waals surface area contributed by atoms with Crippen LogP contribution in [0.4, 0.5) is 18.9 Å². The second kappa shape index (κ2) is 8.27. The molecule has 0 radical (unpaired) electrons. The zero-order valence-electron chi connectivity index (χ0n) is 16.8. The standard InChI is InChI=1S/C22H23F3N2O3S/c23-22(24,25)18-5-2-6-20(14-18)31(29,30)27-11-9-16(10-12-27)21(28)26-19-8-7-15-3-1-4-17(15)13-19/h2,5-8,13-14,16H,1,3-4,9-12H2,(H,26,28). The fraction of sp³-hybridized carbons (Fsp3) is 0.409. The summed E-state index contributed by atoms with van der Waals surface area (Å²) in [6.07, 6.45) is -0.809. The predicted molar refractivity (Wildman–Crippen MR) is 110 cm³/mol. The van der Waals surface area contributed by atoms with Gasteiger partial charge in [-0.1, -0.05) is 12.1 Å². The summed E-state index contributed by atoms with van der Waals surface area (Å²) in [4.78, 5) is 12.3. The number of piperidine rings is 1. The number of carbonyl (C=O) groups is 1. The summed E-state index contributed by atoms with van der Waals surface area (Å²) in [5.41, 5.74) is 2.30. The van der Waals surface area contributed by atoms with Crippen molar-refractivity contribution in [2.24, 2.45) is 5.92 Å². The van der Waals surface area contributed by atoms with Crippen molar-refractivity contribution in [1.29, 1.82) is 0 Å². The topological polar surface area (TPSA) is 66.5 Å². The molecule has 1 amide bonds. The fourth-order valence-electron chi connectivity index (χ4n) is 4.23. The van der Waals surface area contributed by atoms with Gasteiger partial charge in [0, 0.05) is 24.7 Å². The van der Waals surface area contributed by atoms with E-state index >= 15 is 0 Å². The summed E-state index contributed by atoms with van der Waals surface area (Å²) in [5, 5.41) is 2.92. The number of hydrogen-bond donors (Lipinski definition) is 1. The van der Waals surface area contributed by atoms with Gasteiger partial charge in [-0.2, -0.15) is 17.5 Å². The third-order valence-corrected chi connectivity index (χ3v) is 7.88. The lowest BCUT2D eigenvalue weighted by atomic mass is 9.97. The summed E-state index contributed by atoms with van der Waals surface area (Å²) in [7, 11) is -4.06. The number of carbonyl (C=O) groups excluding carboxylic acids is 1. The maximum absolute atomic E-state index is 12.9. The molecule has 1 saturated heterocycles. The van der Waals surface area contributed by atoms with Crippen molar-refractivity contribution in [3.05, 3.63) is 59.2 Å². The van der Waals surface area contributed by atoms with Crippen LogP contribution in [0.5, 0.6) is 0 Å². The van der Waals surface area contributed by atoms with Crippen molar-refractivity contribution in [3.63, 3.8) is 0 Å². The second-order valence-electron chi connectivity index (χ2n) is 8.03. The minimum Gasteiger partial charge on any atom is -0.326 e. The minimum absolute atomic E-state index is 0.0842. The molecule has 5 nitrogen and oxygen atoms in total. The Morgan fingerprint density at radius 3 is 2.42 bits per heavy atom.